The van der Waals surface area contributed by atoms with Crippen molar-refractivity contribution in [3.63, 3.8) is 0 Å². The lowest BCUT2D eigenvalue weighted by Gasteiger charge is -2.13. The zero-order chi connectivity index (χ0) is 9.14. The number of hydrogen-bond donors (Lipinski definition) is 2. The monoisotopic (exact) mass is 172 g/mol. The van der Waals surface area contributed by atoms with E-state index in [1.165, 1.54) is 6.92 Å². The van der Waals surface area contributed by atoms with Gasteiger partial charge >= 0.3 is 0 Å². The second kappa shape index (κ2) is 3.87. The summed E-state index contributed by atoms with van der Waals surface area (Å²) < 4.78 is 0. The second-order valence-electron chi connectivity index (χ2n) is 3.43. The Bertz CT molecular complexity index is 170. The lowest BCUT2D eigenvalue weighted by atomic mass is 10.2. The van der Waals surface area contributed by atoms with Gasteiger partial charge in [0.2, 0.25) is 5.91 Å². The second-order valence-corrected chi connectivity index (χ2v) is 3.43. The first-order chi connectivity index (χ1) is 5.59. The number of amides is 1. The Morgan fingerprint density at radius 1 is 1.75 bits per heavy atom. The van der Waals surface area contributed by atoms with Gasteiger partial charge in [0, 0.05) is 12.6 Å². The summed E-state index contributed by atoms with van der Waals surface area (Å²) in [5, 5.41) is 11.7. The fourth-order valence-electron chi connectivity index (χ4n) is 1.37. The van der Waals surface area contributed by atoms with E-state index < -0.39 is 6.10 Å². The molecule has 0 spiro atoms. The molecule has 0 radical (unpaired) electrons. The number of likely N-dealkylation sites (tertiary alicyclic amines) is 1. The summed E-state index contributed by atoms with van der Waals surface area (Å²) in [5.74, 6) is -0.268. The smallest absolute Gasteiger partial charge is 0.248 e. The van der Waals surface area contributed by atoms with Crippen LogP contribution in [-0.2, 0) is 4.79 Å². The Balaban J connectivity index is 2.28. The van der Waals surface area contributed by atoms with Gasteiger partial charge in [0.15, 0.2) is 0 Å². The van der Waals surface area contributed by atoms with Crippen molar-refractivity contribution in [3.05, 3.63) is 0 Å². The van der Waals surface area contributed by atoms with E-state index in [0.717, 1.165) is 19.5 Å². The average Bonchev–Trinajstić information content (AvgIpc) is 2.35. The van der Waals surface area contributed by atoms with Gasteiger partial charge in [-0.05, 0) is 26.9 Å². The Hall–Kier alpha value is -0.610. The zero-order valence-electron chi connectivity index (χ0n) is 7.58. The lowest BCUT2D eigenvalue weighted by Crippen LogP contribution is -2.41. The van der Waals surface area contributed by atoms with Crippen molar-refractivity contribution in [2.75, 3.05) is 20.1 Å². The third kappa shape index (κ3) is 2.46. The maximum atomic E-state index is 11.0. The number of aliphatic hydroxyl groups is 1. The molecule has 1 fully saturated rings. The molecule has 0 aromatic carbocycles. The molecule has 70 valence electrons. The van der Waals surface area contributed by atoms with Crippen molar-refractivity contribution in [1.29, 1.82) is 0 Å². The van der Waals surface area contributed by atoms with E-state index in [4.69, 9.17) is 5.11 Å². The molecule has 4 heteroatoms. The van der Waals surface area contributed by atoms with Gasteiger partial charge in [-0.25, -0.2) is 0 Å². The van der Waals surface area contributed by atoms with Gasteiger partial charge in [0.1, 0.15) is 6.10 Å². The minimum Gasteiger partial charge on any atom is -0.384 e. The molecule has 1 amide bonds. The van der Waals surface area contributed by atoms with Crippen molar-refractivity contribution in [1.82, 2.24) is 10.2 Å². The van der Waals surface area contributed by atoms with Crippen LogP contribution >= 0.6 is 0 Å². The van der Waals surface area contributed by atoms with Crippen LogP contribution < -0.4 is 5.32 Å². The minimum atomic E-state index is -0.893. The highest BCUT2D eigenvalue weighted by Gasteiger charge is 2.22. The fourth-order valence-corrected chi connectivity index (χ4v) is 1.37. The molecule has 1 rings (SSSR count). The molecule has 1 aliphatic heterocycles. The van der Waals surface area contributed by atoms with Crippen LogP contribution in [0.15, 0.2) is 0 Å². The molecule has 2 N–H and O–H groups in total. The van der Waals surface area contributed by atoms with Gasteiger partial charge < -0.3 is 15.3 Å². The highest BCUT2D eigenvalue weighted by molar-refractivity contribution is 5.80. The van der Waals surface area contributed by atoms with Crippen molar-refractivity contribution < 1.29 is 9.90 Å². The Morgan fingerprint density at radius 3 is 2.83 bits per heavy atom. The van der Waals surface area contributed by atoms with E-state index in [1.54, 1.807) is 0 Å². The molecule has 0 aromatic rings. The van der Waals surface area contributed by atoms with Gasteiger partial charge in [0.05, 0.1) is 0 Å². The number of rotatable bonds is 2. The standard InChI is InChI=1S/C8H16N2O2/c1-6(11)8(12)9-7-3-4-10(2)5-7/h6-7,11H,3-5H2,1-2H3,(H,9,12)/t6-,7?/m1/s1. The number of nitrogens with zero attached hydrogens (tertiary/aromatic N) is 1. The molecule has 0 bridgehead atoms. The van der Waals surface area contributed by atoms with Gasteiger partial charge in [-0.2, -0.15) is 0 Å². The molecular formula is C8H16N2O2. The average molecular weight is 172 g/mol. The summed E-state index contributed by atoms with van der Waals surface area (Å²) in [7, 11) is 2.02. The van der Waals surface area contributed by atoms with Crippen molar-refractivity contribution in [2.45, 2.75) is 25.5 Å². The first kappa shape index (κ1) is 9.48. The number of aliphatic hydroxyl groups excluding tert-OH is 1. The largest absolute Gasteiger partial charge is 0.384 e. The molecule has 4 nitrogen and oxygen atoms in total. The number of likely N-dealkylation sites (N-methyl/N-ethyl adjacent to an activating group) is 1. The molecule has 1 aliphatic rings. The summed E-state index contributed by atoms with van der Waals surface area (Å²) in [5.41, 5.74) is 0. The number of carbonyl (C=O) groups is 1. The third-order valence-electron chi connectivity index (χ3n) is 2.12. The maximum absolute atomic E-state index is 11.0. The number of hydrogen-bond acceptors (Lipinski definition) is 3. The Kier molecular flexibility index (Phi) is 3.05. The first-order valence-corrected chi connectivity index (χ1v) is 4.26. The summed E-state index contributed by atoms with van der Waals surface area (Å²) in [4.78, 5) is 13.2. The molecule has 0 aromatic heterocycles. The fraction of sp³-hybridized carbons (Fsp3) is 0.875. The molecule has 1 unspecified atom stereocenters. The topological polar surface area (TPSA) is 52.6 Å². The van der Waals surface area contributed by atoms with Crippen LogP contribution in [0, 0.1) is 0 Å². The number of carbonyl (C=O) groups excluding carboxylic acids is 1. The van der Waals surface area contributed by atoms with Gasteiger partial charge in [-0.1, -0.05) is 0 Å². The van der Waals surface area contributed by atoms with Crippen LogP contribution in [0.25, 0.3) is 0 Å². The molecule has 1 heterocycles. The predicted octanol–water partition coefficient (Wildman–Crippen LogP) is -0.812. The van der Waals surface area contributed by atoms with Crippen LogP contribution in [0.5, 0.6) is 0 Å². The maximum Gasteiger partial charge on any atom is 0.248 e. The molecule has 1 saturated heterocycles. The van der Waals surface area contributed by atoms with Crippen molar-refractivity contribution in [3.8, 4) is 0 Å². The van der Waals surface area contributed by atoms with Crippen LogP contribution in [0.4, 0.5) is 0 Å². The van der Waals surface area contributed by atoms with E-state index in [1.807, 2.05) is 7.05 Å². The highest BCUT2D eigenvalue weighted by atomic mass is 16.3. The summed E-state index contributed by atoms with van der Waals surface area (Å²) in [6.07, 6.45) is 0.0884. The Morgan fingerprint density at radius 2 is 2.42 bits per heavy atom. The summed E-state index contributed by atoms with van der Waals surface area (Å²) in [6.45, 7) is 3.39. The molecular weight excluding hydrogens is 156 g/mol. The predicted molar refractivity (Wildman–Crippen MR) is 45.7 cm³/mol. The molecule has 2 atom stereocenters. The summed E-state index contributed by atoms with van der Waals surface area (Å²) >= 11 is 0. The van der Waals surface area contributed by atoms with Crippen molar-refractivity contribution in [2.24, 2.45) is 0 Å². The van der Waals surface area contributed by atoms with E-state index in [2.05, 4.69) is 10.2 Å². The lowest BCUT2D eigenvalue weighted by molar-refractivity contribution is -0.129. The third-order valence-corrected chi connectivity index (χ3v) is 2.12. The van der Waals surface area contributed by atoms with Gasteiger partial charge in [-0.3, -0.25) is 4.79 Å². The van der Waals surface area contributed by atoms with E-state index in [9.17, 15) is 4.79 Å². The van der Waals surface area contributed by atoms with Crippen LogP contribution in [0.2, 0.25) is 0 Å². The van der Waals surface area contributed by atoms with Gasteiger partial charge in [0.25, 0.3) is 0 Å². The van der Waals surface area contributed by atoms with E-state index >= 15 is 0 Å². The number of nitrogens with one attached hydrogen (secondary N) is 1. The van der Waals surface area contributed by atoms with Crippen molar-refractivity contribution >= 4 is 5.91 Å². The van der Waals surface area contributed by atoms with E-state index in [0.29, 0.717) is 0 Å². The molecule has 12 heavy (non-hydrogen) atoms. The summed E-state index contributed by atoms with van der Waals surface area (Å²) in [6, 6.07) is 0.220. The normalized spacial score (nSPS) is 27.1. The van der Waals surface area contributed by atoms with Crippen LogP contribution in [-0.4, -0.2) is 48.2 Å². The van der Waals surface area contributed by atoms with Crippen LogP contribution in [0.1, 0.15) is 13.3 Å². The SMILES string of the molecule is C[C@@H](O)C(=O)NC1CCN(C)C1. The first-order valence-electron chi connectivity index (χ1n) is 4.26. The zero-order valence-corrected chi connectivity index (χ0v) is 7.58. The quantitative estimate of drug-likeness (QED) is 0.572. The van der Waals surface area contributed by atoms with E-state index in [-0.39, 0.29) is 11.9 Å². The minimum absolute atomic E-state index is 0.220. The van der Waals surface area contributed by atoms with Gasteiger partial charge in [-0.15, -0.1) is 0 Å². The highest BCUT2D eigenvalue weighted by Crippen LogP contribution is 2.05. The van der Waals surface area contributed by atoms with Crippen LogP contribution in [0.3, 0.4) is 0 Å². The Labute approximate surface area is 72.6 Å². The molecule has 0 aliphatic carbocycles. The molecule has 0 saturated carbocycles.